The molecule has 29 heavy (non-hydrogen) atoms. The van der Waals surface area contributed by atoms with E-state index in [9.17, 15) is 9.59 Å². The van der Waals surface area contributed by atoms with E-state index in [2.05, 4.69) is 17.1 Å². The Morgan fingerprint density at radius 2 is 2.07 bits per heavy atom. The molecule has 1 aromatic carbocycles. The Hall–Kier alpha value is -1.54. The number of hydrogen-bond donors (Lipinski definition) is 2. The summed E-state index contributed by atoms with van der Waals surface area (Å²) in [7, 11) is 0. The molecular formula is C21H26ClN3O2S2. The molecular weight excluding hydrogens is 426 g/mol. The van der Waals surface area contributed by atoms with Gasteiger partial charge in [0.1, 0.15) is 5.00 Å². The van der Waals surface area contributed by atoms with Crippen molar-refractivity contribution in [2.24, 2.45) is 5.73 Å². The second kappa shape index (κ2) is 10.5. The Labute approximate surface area is 185 Å². The lowest BCUT2D eigenvalue weighted by atomic mass is 10.0. The summed E-state index contributed by atoms with van der Waals surface area (Å²) in [6.45, 7) is 4.95. The molecule has 0 atom stereocenters. The molecule has 1 aliphatic heterocycles. The van der Waals surface area contributed by atoms with Crippen LogP contribution in [-0.4, -0.2) is 35.6 Å². The van der Waals surface area contributed by atoms with Gasteiger partial charge in [0, 0.05) is 34.3 Å². The number of benzene rings is 1. The molecule has 2 amide bonds. The van der Waals surface area contributed by atoms with E-state index < -0.39 is 5.91 Å². The summed E-state index contributed by atoms with van der Waals surface area (Å²) < 4.78 is 0. The number of rotatable bonds is 9. The number of carbonyl (C=O) groups excluding carboxylic acids is 2. The fourth-order valence-corrected chi connectivity index (χ4v) is 5.75. The zero-order valence-electron chi connectivity index (χ0n) is 16.5. The zero-order valence-corrected chi connectivity index (χ0v) is 18.9. The van der Waals surface area contributed by atoms with Gasteiger partial charge in [-0.1, -0.05) is 18.5 Å². The second-order valence-electron chi connectivity index (χ2n) is 7.05. The molecule has 3 rings (SSSR count). The van der Waals surface area contributed by atoms with Gasteiger partial charge in [-0.3, -0.25) is 14.5 Å². The average Bonchev–Trinajstić information content (AvgIpc) is 3.04. The third-order valence-electron chi connectivity index (χ3n) is 4.81. The Balaban J connectivity index is 1.55. The van der Waals surface area contributed by atoms with Gasteiger partial charge in [0.05, 0.1) is 5.56 Å². The predicted octanol–water partition coefficient (Wildman–Crippen LogP) is 4.78. The molecule has 8 heteroatoms. The minimum Gasteiger partial charge on any atom is -0.365 e. The van der Waals surface area contributed by atoms with Crippen molar-refractivity contribution >= 4 is 51.5 Å². The highest BCUT2D eigenvalue weighted by Gasteiger charge is 2.27. The lowest BCUT2D eigenvalue weighted by Gasteiger charge is -2.26. The molecule has 0 aliphatic carbocycles. The molecule has 0 saturated carbocycles. The molecule has 2 aromatic rings. The Kier molecular flexibility index (Phi) is 8.00. The standard InChI is InChI=1S/C21H26ClN3O2S2/c1-2-10-25-11-9-16-17(13-25)29-21(19(16)20(23)27)24-18(26)4-3-12-28-15-7-5-14(22)6-8-15/h5-8H,2-4,9-13H2,1H3,(H2,23,27)(H,24,26). The highest BCUT2D eigenvalue weighted by molar-refractivity contribution is 7.99. The molecule has 0 radical (unpaired) electrons. The second-order valence-corrected chi connectivity index (χ2v) is 9.76. The number of primary amides is 1. The average molecular weight is 452 g/mol. The van der Waals surface area contributed by atoms with Crippen LogP contribution in [-0.2, 0) is 17.8 Å². The van der Waals surface area contributed by atoms with Gasteiger partial charge < -0.3 is 11.1 Å². The molecule has 0 bridgehead atoms. The molecule has 5 nitrogen and oxygen atoms in total. The SMILES string of the molecule is CCCN1CCc2c(sc(NC(=O)CCCSc3ccc(Cl)cc3)c2C(N)=O)C1. The van der Waals surface area contributed by atoms with Crippen LogP contribution in [0.5, 0.6) is 0 Å². The molecule has 0 spiro atoms. The molecule has 3 N–H and O–H groups in total. The smallest absolute Gasteiger partial charge is 0.251 e. The summed E-state index contributed by atoms with van der Waals surface area (Å²) in [4.78, 5) is 29.1. The number of thiophene rings is 1. The molecule has 1 aliphatic rings. The summed E-state index contributed by atoms with van der Waals surface area (Å²) in [6.07, 6.45) is 3.06. The van der Waals surface area contributed by atoms with Gasteiger partial charge in [-0.25, -0.2) is 0 Å². The summed E-state index contributed by atoms with van der Waals surface area (Å²) in [6, 6.07) is 7.68. The van der Waals surface area contributed by atoms with E-state index >= 15 is 0 Å². The Morgan fingerprint density at radius 3 is 2.76 bits per heavy atom. The first-order chi connectivity index (χ1) is 14.0. The largest absolute Gasteiger partial charge is 0.365 e. The quantitative estimate of drug-likeness (QED) is 0.425. The van der Waals surface area contributed by atoms with Crippen molar-refractivity contribution in [1.82, 2.24) is 4.90 Å². The normalized spacial score (nSPS) is 13.9. The van der Waals surface area contributed by atoms with Gasteiger partial charge in [-0.2, -0.15) is 0 Å². The summed E-state index contributed by atoms with van der Waals surface area (Å²) >= 11 is 9.08. The minimum absolute atomic E-state index is 0.0757. The van der Waals surface area contributed by atoms with Crippen molar-refractivity contribution < 1.29 is 9.59 Å². The number of nitrogens with zero attached hydrogens (tertiary/aromatic N) is 1. The van der Waals surface area contributed by atoms with Crippen LogP contribution in [0.2, 0.25) is 5.02 Å². The van der Waals surface area contributed by atoms with Crippen LogP contribution >= 0.6 is 34.7 Å². The predicted molar refractivity (Wildman–Crippen MR) is 122 cm³/mol. The number of nitrogens with two attached hydrogens (primary N) is 1. The molecule has 0 saturated heterocycles. The monoisotopic (exact) mass is 451 g/mol. The van der Waals surface area contributed by atoms with Crippen LogP contribution in [0.25, 0.3) is 0 Å². The first-order valence-corrected chi connectivity index (χ1v) is 12.0. The summed E-state index contributed by atoms with van der Waals surface area (Å²) in [5, 5.41) is 4.26. The van der Waals surface area contributed by atoms with E-state index in [-0.39, 0.29) is 5.91 Å². The van der Waals surface area contributed by atoms with Gasteiger partial charge >= 0.3 is 0 Å². The number of anilines is 1. The van der Waals surface area contributed by atoms with E-state index in [1.165, 1.54) is 11.3 Å². The molecule has 156 valence electrons. The fraction of sp³-hybridized carbons (Fsp3) is 0.429. The van der Waals surface area contributed by atoms with E-state index in [1.54, 1.807) is 11.8 Å². The topological polar surface area (TPSA) is 75.4 Å². The number of carbonyl (C=O) groups is 2. The maximum absolute atomic E-state index is 12.4. The number of fused-ring (bicyclic) bond motifs is 1. The van der Waals surface area contributed by atoms with Crippen molar-refractivity contribution in [2.45, 2.75) is 44.0 Å². The third-order valence-corrected chi connectivity index (χ3v) is 7.29. The van der Waals surface area contributed by atoms with Crippen molar-refractivity contribution in [3.8, 4) is 0 Å². The van der Waals surface area contributed by atoms with Gasteiger partial charge in [-0.15, -0.1) is 23.1 Å². The third kappa shape index (κ3) is 5.98. The van der Waals surface area contributed by atoms with Crippen molar-refractivity contribution in [3.63, 3.8) is 0 Å². The molecule has 1 aromatic heterocycles. The van der Waals surface area contributed by atoms with Gasteiger partial charge in [-0.05, 0) is 61.4 Å². The Bertz CT molecular complexity index is 868. The Morgan fingerprint density at radius 1 is 1.31 bits per heavy atom. The van der Waals surface area contributed by atoms with E-state index in [1.807, 2.05) is 24.3 Å². The first-order valence-electron chi connectivity index (χ1n) is 9.82. The highest BCUT2D eigenvalue weighted by atomic mass is 35.5. The molecule has 0 unspecified atom stereocenters. The van der Waals surface area contributed by atoms with E-state index in [0.717, 1.165) is 65.0 Å². The van der Waals surface area contributed by atoms with Crippen molar-refractivity contribution in [3.05, 3.63) is 45.3 Å². The highest BCUT2D eigenvalue weighted by Crippen LogP contribution is 2.37. The van der Waals surface area contributed by atoms with E-state index in [4.69, 9.17) is 17.3 Å². The summed E-state index contributed by atoms with van der Waals surface area (Å²) in [5.41, 5.74) is 7.16. The fourth-order valence-electron chi connectivity index (χ4n) is 3.45. The number of thioether (sulfide) groups is 1. The van der Waals surface area contributed by atoms with Crippen molar-refractivity contribution in [2.75, 3.05) is 24.2 Å². The van der Waals surface area contributed by atoms with Crippen LogP contribution in [0.4, 0.5) is 5.00 Å². The van der Waals surface area contributed by atoms with Gasteiger partial charge in [0.2, 0.25) is 5.91 Å². The van der Waals surface area contributed by atoms with Crippen LogP contribution in [0.15, 0.2) is 29.2 Å². The lowest BCUT2D eigenvalue weighted by Crippen LogP contribution is -2.31. The summed E-state index contributed by atoms with van der Waals surface area (Å²) in [5.74, 6) is 0.304. The minimum atomic E-state index is -0.458. The molecule has 0 fully saturated rings. The number of nitrogens with one attached hydrogen (secondary N) is 1. The van der Waals surface area contributed by atoms with E-state index in [0.29, 0.717) is 17.0 Å². The molecule has 2 heterocycles. The van der Waals surface area contributed by atoms with Crippen molar-refractivity contribution in [1.29, 1.82) is 0 Å². The lowest BCUT2D eigenvalue weighted by molar-refractivity contribution is -0.116. The van der Waals surface area contributed by atoms with Gasteiger partial charge in [0.25, 0.3) is 5.91 Å². The number of halogens is 1. The first kappa shape index (κ1) is 22.2. The number of amides is 2. The maximum atomic E-state index is 12.4. The van der Waals surface area contributed by atoms with Gasteiger partial charge in [0.15, 0.2) is 0 Å². The van der Waals surface area contributed by atoms with Crippen LogP contribution in [0.1, 0.15) is 47.0 Å². The van der Waals surface area contributed by atoms with Crippen LogP contribution in [0, 0.1) is 0 Å². The number of hydrogen-bond acceptors (Lipinski definition) is 5. The zero-order chi connectivity index (χ0) is 20.8. The maximum Gasteiger partial charge on any atom is 0.251 e. The van der Waals surface area contributed by atoms with Crippen LogP contribution in [0.3, 0.4) is 0 Å². The van der Waals surface area contributed by atoms with Crippen LogP contribution < -0.4 is 11.1 Å².